The van der Waals surface area contributed by atoms with Gasteiger partial charge in [0.25, 0.3) is 0 Å². The molecule has 0 aromatic heterocycles. The molecule has 0 rings (SSSR count). The predicted octanol–water partition coefficient (Wildman–Crippen LogP) is 2.74. The predicted molar refractivity (Wildman–Crippen MR) is 54.7 cm³/mol. The van der Waals surface area contributed by atoms with Gasteiger partial charge in [0.1, 0.15) is 5.84 Å². The molecule has 2 nitrogen and oxygen atoms in total. The standard InChI is InChI=1S/C10H22N2/c1-6-7-8-12(5)9(11)10(2,3)4/h11H,6-8H2,1-5H3. The largest absolute Gasteiger partial charge is 0.363 e. The number of nitrogens with zero attached hydrogens (tertiary/aromatic N) is 1. The summed E-state index contributed by atoms with van der Waals surface area (Å²) in [7, 11) is 2.00. The first kappa shape index (κ1) is 11.5. The highest BCUT2D eigenvalue weighted by molar-refractivity contribution is 5.83. The van der Waals surface area contributed by atoms with E-state index < -0.39 is 0 Å². The van der Waals surface area contributed by atoms with Gasteiger partial charge in [-0.25, -0.2) is 0 Å². The van der Waals surface area contributed by atoms with Crippen LogP contribution in [0.15, 0.2) is 0 Å². The van der Waals surface area contributed by atoms with E-state index in [0.29, 0.717) is 0 Å². The minimum Gasteiger partial charge on any atom is -0.363 e. The van der Waals surface area contributed by atoms with Crippen LogP contribution < -0.4 is 0 Å². The topological polar surface area (TPSA) is 27.1 Å². The molecule has 0 saturated carbocycles. The normalized spacial score (nSPS) is 11.4. The van der Waals surface area contributed by atoms with E-state index in [9.17, 15) is 0 Å². The van der Waals surface area contributed by atoms with Crippen LogP contribution in [0.5, 0.6) is 0 Å². The summed E-state index contributed by atoms with van der Waals surface area (Å²) < 4.78 is 0. The number of hydrogen-bond acceptors (Lipinski definition) is 1. The zero-order chi connectivity index (χ0) is 9.78. The quantitative estimate of drug-likeness (QED) is 0.512. The third-order valence-corrected chi connectivity index (χ3v) is 1.94. The van der Waals surface area contributed by atoms with E-state index in [1.165, 1.54) is 12.8 Å². The first-order valence-electron chi connectivity index (χ1n) is 4.69. The summed E-state index contributed by atoms with van der Waals surface area (Å²) in [5.74, 6) is 0.732. The summed E-state index contributed by atoms with van der Waals surface area (Å²) in [6, 6.07) is 0. The third kappa shape index (κ3) is 3.74. The Hall–Kier alpha value is -0.530. The van der Waals surface area contributed by atoms with Crippen molar-refractivity contribution in [3.8, 4) is 0 Å². The van der Waals surface area contributed by atoms with E-state index in [4.69, 9.17) is 5.41 Å². The lowest BCUT2D eigenvalue weighted by Crippen LogP contribution is -2.36. The molecule has 0 aliphatic heterocycles. The maximum atomic E-state index is 7.85. The molecule has 1 N–H and O–H groups in total. The zero-order valence-electron chi connectivity index (χ0n) is 9.07. The van der Waals surface area contributed by atoms with E-state index in [1.807, 2.05) is 11.9 Å². The number of hydrogen-bond donors (Lipinski definition) is 1. The van der Waals surface area contributed by atoms with Crippen molar-refractivity contribution in [3.63, 3.8) is 0 Å². The Bertz CT molecular complexity index is 144. The highest BCUT2D eigenvalue weighted by atomic mass is 15.1. The Morgan fingerprint density at radius 2 is 1.83 bits per heavy atom. The van der Waals surface area contributed by atoms with Crippen LogP contribution in [-0.4, -0.2) is 24.3 Å². The summed E-state index contributed by atoms with van der Waals surface area (Å²) in [4.78, 5) is 2.05. The van der Waals surface area contributed by atoms with Gasteiger partial charge in [-0.2, -0.15) is 0 Å². The molecule has 0 unspecified atom stereocenters. The van der Waals surface area contributed by atoms with E-state index in [2.05, 4.69) is 27.7 Å². The van der Waals surface area contributed by atoms with Crippen LogP contribution in [0.4, 0.5) is 0 Å². The Labute approximate surface area is 76.5 Å². The Balaban J connectivity index is 3.94. The zero-order valence-corrected chi connectivity index (χ0v) is 9.07. The highest BCUT2D eigenvalue weighted by Crippen LogP contribution is 2.16. The van der Waals surface area contributed by atoms with Crippen molar-refractivity contribution in [2.75, 3.05) is 13.6 Å². The van der Waals surface area contributed by atoms with Crippen molar-refractivity contribution in [1.29, 1.82) is 5.41 Å². The Morgan fingerprint density at radius 1 is 1.33 bits per heavy atom. The molecule has 0 heterocycles. The summed E-state index contributed by atoms with van der Waals surface area (Å²) in [5.41, 5.74) is -0.0114. The molecular weight excluding hydrogens is 148 g/mol. The fraction of sp³-hybridized carbons (Fsp3) is 0.900. The van der Waals surface area contributed by atoms with Gasteiger partial charge in [0, 0.05) is 19.0 Å². The van der Waals surface area contributed by atoms with Crippen LogP contribution >= 0.6 is 0 Å². The van der Waals surface area contributed by atoms with Gasteiger partial charge in [-0.05, 0) is 6.42 Å². The van der Waals surface area contributed by atoms with Gasteiger partial charge in [0.2, 0.25) is 0 Å². The second kappa shape index (κ2) is 4.48. The highest BCUT2D eigenvalue weighted by Gasteiger charge is 2.19. The van der Waals surface area contributed by atoms with Crippen molar-refractivity contribution in [2.24, 2.45) is 5.41 Å². The van der Waals surface area contributed by atoms with E-state index in [0.717, 1.165) is 12.4 Å². The summed E-state index contributed by atoms with van der Waals surface area (Å²) in [5, 5.41) is 7.85. The van der Waals surface area contributed by atoms with Crippen LogP contribution in [0.25, 0.3) is 0 Å². The molecule has 72 valence electrons. The first-order valence-corrected chi connectivity index (χ1v) is 4.69. The average molecular weight is 170 g/mol. The summed E-state index contributed by atoms with van der Waals surface area (Å²) in [6.07, 6.45) is 2.37. The SMILES string of the molecule is CCCCN(C)C(=N)C(C)(C)C. The molecule has 2 heteroatoms. The monoisotopic (exact) mass is 170 g/mol. The summed E-state index contributed by atoms with van der Waals surface area (Å²) >= 11 is 0. The number of unbranched alkanes of at least 4 members (excludes halogenated alkanes) is 1. The maximum Gasteiger partial charge on any atom is 0.101 e. The smallest absolute Gasteiger partial charge is 0.101 e. The lowest BCUT2D eigenvalue weighted by molar-refractivity contribution is 0.413. The molecule has 0 aromatic carbocycles. The van der Waals surface area contributed by atoms with Gasteiger partial charge >= 0.3 is 0 Å². The van der Waals surface area contributed by atoms with Crippen molar-refractivity contribution in [3.05, 3.63) is 0 Å². The van der Waals surface area contributed by atoms with Gasteiger partial charge in [-0.15, -0.1) is 0 Å². The molecule has 12 heavy (non-hydrogen) atoms. The molecule has 0 aliphatic rings. The Morgan fingerprint density at radius 3 is 2.17 bits per heavy atom. The first-order chi connectivity index (χ1) is 5.39. The lowest BCUT2D eigenvalue weighted by Gasteiger charge is -2.29. The molecule has 0 amide bonds. The minimum atomic E-state index is -0.0114. The average Bonchev–Trinajstić information content (AvgIpc) is 1.97. The molecule has 0 saturated heterocycles. The fourth-order valence-electron chi connectivity index (χ4n) is 1.08. The van der Waals surface area contributed by atoms with Gasteiger partial charge in [0.15, 0.2) is 0 Å². The molecule has 0 fully saturated rings. The molecule has 0 bridgehead atoms. The third-order valence-electron chi connectivity index (χ3n) is 1.94. The molecule has 0 aromatic rings. The van der Waals surface area contributed by atoms with Crippen molar-refractivity contribution >= 4 is 5.84 Å². The minimum absolute atomic E-state index is 0.0114. The van der Waals surface area contributed by atoms with Crippen molar-refractivity contribution < 1.29 is 0 Å². The fourth-order valence-corrected chi connectivity index (χ4v) is 1.08. The molecule has 0 aliphatic carbocycles. The van der Waals surface area contributed by atoms with Gasteiger partial charge in [0.05, 0.1) is 0 Å². The Kier molecular flexibility index (Phi) is 4.29. The van der Waals surface area contributed by atoms with E-state index in [1.54, 1.807) is 0 Å². The second-order valence-corrected chi connectivity index (χ2v) is 4.37. The summed E-state index contributed by atoms with van der Waals surface area (Å²) in [6.45, 7) is 9.43. The van der Waals surface area contributed by atoms with Crippen molar-refractivity contribution in [2.45, 2.75) is 40.5 Å². The molecule has 0 spiro atoms. The molecule has 0 radical (unpaired) electrons. The lowest BCUT2D eigenvalue weighted by atomic mass is 9.94. The number of nitrogens with one attached hydrogen (secondary N) is 1. The van der Waals surface area contributed by atoms with Crippen LogP contribution in [0, 0.1) is 10.8 Å². The molecule has 0 atom stereocenters. The van der Waals surface area contributed by atoms with E-state index >= 15 is 0 Å². The number of amidine groups is 1. The van der Waals surface area contributed by atoms with Gasteiger partial charge < -0.3 is 4.90 Å². The van der Waals surface area contributed by atoms with Gasteiger partial charge in [-0.3, -0.25) is 5.41 Å². The number of rotatable bonds is 3. The van der Waals surface area contributed by atoms with Crippen LogP contribution in [0.1, 0.15) is 40.5 Å². The van der Waals surface area contributed by atoms with Crippen LogP contribution in [0.3, 0.4) is 0 Å². The van der Waals surface area contributed by atoms with Crippen LogP contribution in [0.2, 0.25) is 0 Å². The maximum absolute atomic E-state index is 7.85. The van der Waals surface area contributed by atoms with E-state index in [-0.39, 0.29) is 5.41 Å². The van der Waals surface area contributed by atoms with Gasteiger partial charge in [-0.1, -0.05) is 34.1 Å². The van der Waals surface area contributed by atoms with Crippen LogP contribution in [-0.2, 0) is 0 Å². The molecular formula is C10H22N2. The second-order valence-electron chi connectivity index (χ2n) is 4.37. The van der Waals surface area contributed by atoms with Crippen molar-refractivity contribution in [1.82, 2.24) is 4.90 Å².